The van der Waals surface area contributed by atoms with Crippen molar-refractivity contribution in [2.75, 3.05) is 19.6 Å². The van der Waals surface area contributed by atoms with Crippen LogP contribution < -0.4 is 0 Å². The van der Waals surface area contributed by atoms with E-state index in [2.05, 4.69) is 43.0 Å². The summed E-state index contributed by atoms with van der Waals surface area (Å²) in [6.07, 6.45) is 2.69. The number of hydrogen-bond acceptors (Lipinski definition) is 3. The highest BCUT2D eigenvalue weighted by Crippen LogP contribution is 2.29. The van der Waals surface area contributed by atoms with Gasteiger partial charge in [-0.05, 0) is 43.7 Å². The van der Waals surface area contributed by atoms with Gasteiger partial charge in [-0.15, -0.1) is 0 Å². The Kier molecular flexibility index (Phi) is 5.80. The Bertz CT molecular complexity index is 570. The first-order valence-corrected chi connectivity index (χ1v) is 9.68. The summed E-state index contributed by atoms with van der Waals surface area (Å²) in [5.41, 5.74) is 2.67. The fourth-order valence-corrected chi connectivity index (χ4v) is 3.65. The summed E-state index contributed by atoms with van der Waals surface area (Å²) in [4.78, 5) is 17.1. The van der Waals surface area contributed by atoms with Crippen molar-refractivity contribution in [3.63, 3.8) is 0 Å². The number of carbonyl (C=O) groups is 1. The summed E-state index contributed by atoms with van der Waals surface area (Å²) in [6, 6.07) is 9.45. The van der Waals surface area contributed by atoms with Crippen molar-refractivity contribution in [3.8, 4) is 0 Å². The maximum atomic E-state index is 12.8. The summed E-state index contributed by atoms with van der Waals surface area (Å²) >= 11 is 0. The molecule has 1 amide bonds. The molecule has 3 rings (SSSR count). The fraction of sp³-hybridized carbons (Fsp3) is 0.667. The van der Waals surface area contributed by atoms with Crippen molar-refractivity contribution >= 4 is 5.91 Å². The van der Waals surface area contributed by atoms with Crippen molar-refractivity contribution in [2.24, 2.45) is 0 Å². The first kappa shape index (κ1) is 18.4. The van der Waals surface area contributed by atoms with E-state index in [1.54, 1.807) is 0 Å². The SMILES string of the molecule is CC1CN(C(=O)CN(Cc2ccc(C(C)C)cc2)C2CC2)CC(C)O1. The average molecular weight is 344 g/mol. The molecule has 0 spiro atoms. The molecule has 1 saturated carbocycles. The number of benzene rings is 1. The fourth-order valence-electron chi connectivity index (χ4n) is 3.65. The van der Waals surface area contributed by atoms with Crippen LogP contribution in [0.3, 0.4) is 0 Å². The van der Waals surface area contributed by atoms with E-state index in [9.17, 15) is 4.79 Å². The Hall–Kier alpha value is -1.39. The molecule has 1 aromatic carbocycles. The maximum absolute atomic E-state index is 12.8. The zero-order valence-corrected chi connectivity index (χ0v) is 16.1. The molecule has 4 heteroatoms. The molecule has 1 aliphatic heterocycles. The van der Waals surface area contributed by atoms with Crippen LogP contribution in [0.4, 0.5) is 0 Å². The highest BCUT2D eigenvalue weighted by atomic mass is 16.5. The van der Waals surface area contributed by atoms with Gasteiger partial charge in [0, 0.05) is 25.7 Å². The molecule has 0 aromatic heterocycles. The Morgan fingerprint density at radius 2 is 1.76 bits per heavy atom. The minimum Gasteiger partial charge on any atom is -0.372 e. The molecule has 1 aliphatic carbocycles. The van der Waals surface area contributed by atoms with Gasteiger partial charge in [-0.2, -0.15) is 0 Å². The largest absolute Gasteiger partial charge is 0.372 e. The molecule has 2 aliphatic rings. The van der Waals surface area contributed by atoms with Gasteiger partial charge in [0.1, 0.15) is 0 Å². The zero-order valence-electron chi connectivity index (χ0n) is 16.1. The van der Waals surface area contributed by atoms with Gasteiger partial charge in [-0.1, -0.05) is 38.1 Å². The molecule has 2 atom stereocenters. The van der Waals surface area contributed by atoms with E-state index in [4.69, 9.17) is 4.74 Å². The second-order valence-electron chi connectivity index (χ2n) is 8.09. The molecule has 0 bridgehead atoms. The van der Waals surface area contributed by atoms with Crippen molar-refractivity contribution in [2.45, 2.75) is 71.2 Å². The number of hydrogen-bond donors (Lipinski definition) is 0. The van der Waals surface area contributed by atoms with E-state index in [1.807, 2.05) is 18.7 Å². The third kappa shape index (κ3) is 5.05. The number of morpholine rings is 1. The van der Waals surface area contributed by atoms with Crippen LogP contribution in [0.15, 0.2) is 24.3 Å². The molecule has 4 nitrogen and oxygen atoms in total. The van der Waals surface area contributed by atoms with Crippen molar-refractivity contribution in [1.29, 1.82) is 0 Å². The van der Waals surface area contributed by atoms with Gasteiger partial charge in [0.15, 0.2) is 0 Å². The second-order valence-corrected chi connectivity index (χ2v) is 8.09. The highest BCUT2D eigenvalue weighted by Gasteiger charge is 2.33. The topological polar surface area (TPSA) is 32.8 Å². The molecule has 0 radical (unpaired) electrons. The van der Waals surface area contributed by atoms with Crippen LogP contribution >= 0.6 is 0 Å². The van der Waals surface area contributed by atoms with Crippen LogP contribution in [0.2, 0.25) is 0 Å². The monoisotopic (exact) mass is 344 g/mol. The van der Waals surface area contributed by atoms with Crippen molar-refractivity contribution in [3.05, 3.63) is 35.4 Å². The normalized spacial score (nSPS) is 24.2. The first-order valence-electron chi connectivity index (χ1n) is 9.68. The van der Waals surface area contributed by atoms with Gasteiger partial charge < -0.3 is 9.64 Å². The molecule has 2 fully saturated rings. The Morgan fingerprint density at radius 1 is 1.16 bits per heavy atom. The molecule has 2 unspecified atom stereocenters. The first-order chi connectivity index (χ1) is 11.9. The number of amides is 1. The number of carbonyl (C=O) groups excluding carboxylic acids is 1. The minimum absolute atomic E-state index is 0.130. The average Bonchev–Trinajstić information content (AvgIpc) is 3.38. The van der Waals surface area contributed by atoms with E-state index >= 15 is 0 Å². The zero-order chi connectivity index (χ0) is 18.0. The van der Waals surface area contributed by atoms with Gasteiger partial charge in [-0.3, -0.25) is 9.69 Å². The Labute approximate surface area is 152 Å². The lowest BCUT2D eigenvalue weighted by atomic mass is 10.0. The van der Waals surface area contributed by atoms with Gasteiger partial charge in [-0.25, -0.2) is 0 Å². The second kappa shape index (κ2) is 7.88. The minimum atomic E-state index is 0.130. The lowest BCUT2D eigenvalue weighted by Gasteiger charge is -2.36. The quantitative estimate of drug-likeness (QED) is 0.793. The third-order valence-electron chi connectivity index (χ3n) is 5.21. The smallest absolute Gasteiger partial charge is 0.236 e. The summed E-state index contributed by atoms with van der Waals surface area (Å²) in [6.45, 7) is 11.3. The molecule has 1 aromatic rings. The molecular formula is C21H32N2O2. The predicted molar refractivity (Wildman–Crippen MR) is 101 cm³/mol. The van der Waals surface area contributed by atoms with E-state index in [-0.39, 0.29) is 18.1 Å². The van der Waals surface area contributed by atoms with Gasteiger partial charge in [0.25, 0.3) is 0 Å². The lowest BCUT2D eigenvalue weighted by Crippen LogP contribution is -2.51. The van der Waals surface area contributed by atoms with E-state index < -0.39 is 0 Å². The van der Waals surface area contributed by atoms with Crippen LogP contribution in [0.5, 0.6) is 0 Å². The highest BCUT2D eigenvalue weighted by molar-refractivity contribution is 5.78. The van der Waals surface area contributed by atoms with Crippen LogP contribution in [0, 0.1) is 0 Å². The number of ether oxygens (including phenoxy) is 1. The Morgan fingerprint density at radius 3 is 2.28 bits per heavy atom. The molecule has 1 saturated heterocycles. The van der Waals surface area contributed by atoms with Gasteiger partial charge >= 0.3 is 0 Å². The third-order valence-corrected chi connectivity index (χ3v) is 5.21. The van der Waals surface area contributed by atoms with Crippen molar-refractivity contribution < 1.29 is 9.53 Å². The molecule has 1 heterocycles. The standard InChI is InChI=1S/C21H32N2O2/c1-15(2)19-7-5-18(6-8-19)13-22(20-9-10-20)14-21(24)23-11-16(3)25-17(4)12-23/h5-8,15-17,20H,9-14H2,1-4H3. The Balaban J connectivity index is 1.60. The van der Waals surface area contributed by atoms with Gasteiger partial charge in [0.05, 0.1) is 18.8 Å². The number of rotatable bonds is 6. The summed E-state index contributed by atoms with van der Waals surface area (Å²) < 4.78 is 5.75. The van der Waals surface area contributed by atoms with Crippen LogP contribution in [-0.4, -0.2) is 53.6 Å². The summed E-state index contributed by atoms with van der Waals surface area (Å²) in [5.74, 6) is 0.799. The van der Waals surface area contributed by atoms with E-state index in [1.165, 1.54) is 24.0 Å². The molecule has 0 N–H and O–H groups in total. The summed E-state index contributed by atoms with van der Waals surface area (Å²) in [5, 5.41) is 0. The van der Waals surface area contributed by atoms with Crippen LogP contribution in [-0.2, 0) is 16.1 Å². The predicted octanol–water partition coefficient (Wildman–Crippen LogP) is 3.41. The van der Waals surface area contributed by atoms with Gasteiger partial charge in [0.2, 0.25) is 5.91 Å². The molecular weight excluding hydrogens is 312 g/mol. The van der Waals surface area contributed by atoms with Crippen molar-refractivity contribution in [1.82, 2.24) is 9.80 Å². The number of nitrogens with zero attached hydrogens (tertiary/aromatic N) is 2. The maximum Gasteiger partial charge on any atom is 0.236 e. The molecule has 138 valence electrons. The van der Waals surface area contributed by atoms with E-state index in [0.717, 1.165) is 6.54 Å². The van der Waals surface area contributed by atoms with Crippen LogP contribution in [0.25, 0.3) is 0 Å². The summed E-state index contributed by atoms with van der Waals surface area (Å²) in [7, 11) is 0. The molecule has 25 heavy (non-hydrogen) atoms. The van der Waals surface area contributed by atoms with E-state index in [0.29, 0.717) is 31.6 Å². The lowest BCUT2D eigenvalue weighted by molar-refractivity contribution is -0.144. The van der Waals surface area contributed by atoms with Crippen LogP contribution in [0.1, 0.15) is 57.6 Å².